The zero-order valence-corrected chi connectivity index (χ0v) is 12.7. The van der Waals surface area contributed by atoms with Crippen LogP contribution in [0.1, 0.15) is 36.0 Å². The van der Waals surface area contributed by atoms with Crippen LogP contribution in [0.3, 0.4) is 0 Å². The standard InChI is InChI=1S/C16H19N3S/c1-11(2)16-18-13(10-20-16)9-19-7-6-14-12(8-17)4-3-5-15(14)19/h3-7,10-11H,8-9,17H2,1-2H3. The van der Waals surface area contributed by atoms with Gasteiger partial charge in [0.25, 0.3) is 0 Å². The molecule has 0 amide bonds. The summed E-state index contributed by atoms with van der Waals surface area (Å²) in [6.07, 6.45) is 2.12. The summed E-state index contributed by atoms with van der Waals surface area (Å²) >= 11 is 1.75. The lowest BCUT2D eigenvalue weighted by molar-refractivity contribution is 0.787. The average molecular weight is 285 g/mol. The molecule has 0 unspecified atom stereocenters. The van der Waals surface area contributed by atoms with Gasteiger partial charge in [0.1, 0.15) is 0 Å². The molecule has 0 atom stereocenters. The van der Waals surface area contributed by atoms with Gasteiger partial charge < -0.3 is 10.3 Å². The first-order valence-electron chi connectivity index (χ1n) is 6.90. The lowest BCUT2D eigenvalue weighted by Gasteiger charge is -2.05. The van der Waals surface area contributed by atoms with E-state index in [1.165, 1.54) is 21.5 Å². The van der Waals surface area contributed by atoms with Crippen LogP contribution in [0.25, 0.3) is 10.9 Å². The first-order valence-corrected chi connectivity index (χ1v) is 7.78. The van der Waals surface area contributed by atoms with Crippen molar-refractivity contribution in [1.29, 1.82) is 0 Å². The molecule has 0 saturated carbocycles. The van der Waals surface area contributed by atoms with E-state index in [1.54, 1.807) is 11.3 Å². The third-order valence-electron chi connectivity index (χ3n) is 3.52. The van der Waals surface area contributed by atoms with Gasteiger partial charge in [0, 0.05) is 34.9 Å². The van der Waals surface area contributed by atoms with Crippen LogP contribution < -0.4 is 5.73 Å². The third-order valence-corrected chi connectivity index (χ3v) is 4.71. The Kier molecular flexibility index (Phi) is 3.59. The Morgan fingerprint density at radius 1 is 1.30 bits per heavy atom. The van der Waals surface area contributed by atoms with Gasteiger partial charge in [-0.25, -0.2) is 4.98 Å². The molecule has 3 aromatic rings. The summed E-state index contributed by atoms with van der Waals surface area (Å²) in [5.41, 5.74) is 9.35. The van der Waals surface area contributed by atoms with E-state index < -0.39 is 0 Å². The first-order chi connectivity index (χ1) is 9.69. The highest BCUT2D eigenvalue weighted by Gasteiger charge is 2.09. The minimum Gasteiger partial charge on any atom is -0.341 e. The monoisotopic (exact) mass is 285 g/mol. The molecule has 0 saturated heterocycles. The Balaban J connectivity index is 1.94. The lowest BCUT2D eigenvalue weighted by atomic mass is 10.1. The van der Waals surface area contributed by atoms with Gasteiger partial charge in [-0.15, -0.1) is 11.3 Å². The maximum atomic E-state index is 5.79. The molecule has 3 nitrogen and oxygen atoms in total. The van der Waals surface area contributed by atoms with Gasteiger partial charge in [-0.3, -0.25) is 0 Å². The van der Waals surface area contributed by atoms with Crippen molar-refractivity contribution in [3.05, 3.63) is 52.1 Å². The van der Waals surface area contributed by atoms with Crippen LogP contribution >= 0.6 is 11.3 Å². The van der Waals surface area contributed by atoms with Gasteiger partial charge in [0.2, 0.25) is 0 Å². The maximum Gasteiger partial charge on any atom is 0.0954 e. The molecule has 3 rings (SSSR count). The Labute approximate surface area is 123 Å². The van der Waals surface area contributed by atoms with Crippen LogP contribution in [-0.2, 0) is 13.1 Å². The molecule has 4 heteroatoms. The van der Waals surface area contributed by atoms with Gasteiger partial charge in [0.05, 0.1) is 17.2 Å². The Morgan fingerprint density at radius 2 is 2.15 bits per heavy atom. The van der Waals surface area contributed by atoms with Gasteiger partial charge in [-0.05, 0) is 17.7 Å². The zero-order chi connectivity index (χ0) is 14.1. The highest BCUT2D eigenvalue weighted by molar-refractivity contribution is 7.09. The van der Waals surface area contributed by atoms with Crippen molar-refractivity contribution in [2.75, 3.05) is 0 Å². The number of thiazole rings is 1. The van der Waals surface area contributed by atoms with Crippen molar-refractivity contribution in [3.63, 3.8) is 0 Å². The predicted molar refractivity (Wildman–Crippen MR) is 85.1 cm³/mol. The second kappa shape index (κ2) is 5.38. The summed E-state index contributed by atoms with van der Waals surface area (Å²) < 4.78 is 2.24. The fourth-order valence-corrected chi connectivity index (χ4v) is 3.26. The molecule has 2 aromatic heterocycles. The summed E-state index contributed by atoms with van der Waals surface area (Å²) in [4.78, 5) is 4.71. The fourth-order valence-electron chi connectivity index (χ4n) is 2.44. The molecule has 104 valence electrons. The van der Waals surface area contributed by atoms with Gasteiger partial charge in [0.15, 0.2) is 0 Å². The molecule has 0 aliphatic heterocycles. The number of aromatic nitrogens is 2. The fraction of sp³-hybridized carbons (Fsp3) is 0.312. The summed E-state index contributed by atoms with van der Waals surface area (Å²) in [7, 11) is 0. The number of benzene rings is 1. The van der Waals surface area contributed by atoms with Crippen LogP contribution in [0.2, 0.25) is 0 Å². The number of rotatable bonds is 4. The molecule has 0 aliphatic carbocycles. The molecule has 20 heavy (non-hydrogen) atoms. The number of nitrogens with two attached hydrogens (primary N) is 1. The summed E-state index contributed by atoms with van der Waals surface area (Å²) in [6, 6.07) is 8.45. The van der Waals surface area contributed by atoms with Crippen molar-refractivity contribution < 1.29 is 0 Å². The quantitative estimate of drug-likeness (QED) is 0.794. The highest BCUT2D eigenvalue weighted by atomic mass is 32.1. The lowest BCUT2D eigenvalue weighted by Crippen LogP contribution is -2.00. The topological polar surface area (TPSA) is 43.8 Å². The molecule has 0 fully saturated rings. The SMILES string of the molecule is CC(C)c1nc(Cn2ccc3c(CN)cccc32)cs1. The Hall–Kier alpha value is -1.65. The maximum absolute atomic E-state index is 5.79. The number of fused-ring (bicyclic) bond motifs is 1. The number of nitrogens with zero attached hydrogens (tertiary/aromatic N) is 2. The normalized spacial score (nSPS) is 11.6. The van der Waals surface area contributed by atoms with E-state index in [-0.39, 0.29) is 0 Å². The molecule has 2 heterocycles. The Bertz CT molecular complexity index is 724. The Morgan fingerprint density at radius 3 is 2.85 bits per heavy atom. The second-order valence-corrected chi connectivity index (χ2v) is 6.22. The van der Waals surface area contributed by atoms with E-state index in [1.807, 2.05) is 0 Å². The van der Waals surface area contributed by atoms with E-state index in [0.29, 0.717) is 12.5 Å². The minimum absolute atomic E-state index is 0.499. The van der Waals surface area contributed by atoms with Crippen LogP contribution in [0.4, 0.5) is 0 Å². The van der Waals surface area contributed by atoms with E-state index in [2.05, 4.69) is 54.3 Å². The van der Waals surface area contributed by atoms with Crippen LogP contribution in [0.15, 0.2) is 35.8 Å². The van der Waals surface area contributed by atoms with Gasteiger partial charge in [-0.1, -0.05) is 26.0 Å². The van der Waals surface area contributed by atoms with E-state index in [4.69, 9.17) is 10.7 Å². The molecular formula is C16H19N3S. The van der Waals surface area contributed by atoms with Crippen molar-refractivity contribution in [2.45, 2.75) is 32.9 Å². The summed E-state index contributed by atoms with van der Waals surface area (Å²) in [6.45, 7) is 5.76. The smallest absolute Gasteiger partial charge is 0.0954 e. The van der Waals surface area contributed by atoms with Gasteiger partial charge in [-0.2, -0.15) is 0 Å². The second-order valence-electron chi connectivity index (χ2n) is 5.33. The predicted octanol–water partition coefficient (Wildman–Crippen LogP) is 3.73. The summed E-state index contributed by atoms with van der Waals surface area (Å²) in [5.74, 6) is 0.499. The minimum atomic E-state index is 0.499. The highest BCUT2D eigenvalue weighted by Crippen LogP contribution is 2.23. The average Bonchev–Trinajstić information content (AvgIpc) is 3.06. The van der Waals surface area contributed by atoms with Crippen molar-refractivity contribution in [1.82, 2.24) is 9.55 Å². The van der Waals surface area contributed by atoms with E-state index >= 15 is 0 Å². The largest absolute Gasteiger partial charge is 0.341 e. The number of hydrogen-bond donors (Lipinski definition) is 1. The summed E-state index contributed by atoms with van der Waals surface area (Å²) in [5, 5.41) is 4.61. The molecule has 0 spiro atoms. The first kappa shape index (κ1) is 13.3. The zero-order valence-electron chi connectivity index (χ0n) is 11.8. The molecular weight excluding hydrogens is 266 g/mol. The molecule has 0 radical (unpaired) electrons. The van der Waals surface area contributed by atoms with E-state index in [0.717, 1.165) is 12.2 Å². The van der Waals surface area contributed by atoms with E-state index in [9.17, 15) is 0 Å². The van der Waals surface area contributed by atoms with Crippen LogP contribution in [0.5, 0.6) is 0 Å². The van der Waals surface area contributed by atoms with Crippen molar-refractivity contribution in [3.8, 4) is 0 Å². The molecule has 0 aliphatic rings. The third kappa shape index (κ3) is 2.37. The van der Waals surface area contributed by atoms with Crippen LogP contribution in [-0.4, -0.2) is 9.55 Å². The van der Waals surface area contributed by atoms with Crippen LogP contribution in [0, 0.1) is 0 Å². The van der Waals surface area contributed by atoms with Gasteiger partial charge >= 0.3 is 0 Å². The van der Waals surface area contributed by atoms with Crippen molar-refractivity contribution >= 4 is 22.2 Å². The molecule has 0 bridgehead atoms. The van der Waals surface area contributed by atoms with Crippen molar-refractivity contribution in [2.24, 2.45) is 5.73 Å². The molecule has 1 aromatic carbocycles. The number of hydrogen-bond acceptors (Lipinski definition) is 3. The molecule has 2 N–H and O–H groups in total.